The molecule has 2 aromatic heterocycles. The molecule has 0 aliphatic carbocycles. The standard InChI is InChI=1S/C13H11BrN2O.BrH/c1-17-8-2-3-9-10-4-5-15-12(7-14)13(10)16-11(9)6-8;/h2-6,16H,7H2,1H3;1H. The Bertz CT molecular complexity index is 694. The van der Waals surface area contributed by atoms with Crippen molar-refractivity contribution in [3.05, 3.63) is 36.2 Å². The summed E-state index contributed by atoms with van der Waals surface area (Å²) in [6, 6.07) is 8.09. The van der Waals surface area contributed by atoms with Crippen LogP contribution < -0.4 is 4.74 Å². The number of nitrogens with one attached hydrogen (secondary N) is 1. The molecule has 3 nitrogen and oxygen atoms in total. The molecule has 5 heteroatoms. The first-order chi connectivity index (χ1) is 8.33. The van der Waals surface area contributed by atoms with E-state index in [1.54, 1.807) is 7.11 Å². The van der Waals surface area contributed by atoms with E-state index in [-0.39, 0.29) is 17.0 Å². The number of benzene rings is 1. The zero-order valence-corrected chi connectivity index (χ0v) is 13.0. The molecular formula is C13H12Br2N2O. The predicted octanol–water partition coefficient (Wildman–Crippen LogP) is 4.20. The van der Waals surface area contributed by atoms with E-state index in [0.29, 0.717) is 0 Å². The van der Waals surface area contributed by atoms with Crippen molar-refractivity contribution in [2.24, 2.45) is 0 Å². The van der Waals surface area contributed by atoms with E-state index in [1.807, 2.05) is 24.4 Å². The highest BCUT2D eigenvalue weighted by molar-refractivity contribution is 9.08. The van der Waals surface area contributed by atoms with Crippen LogP contribution in [-0.4, -0.2) is 17.1 Å². The van der Waals surface area contributed by atoms with E-state index < -0.39 is 0 Å². The van der Waals surface area contributed by atoms with Crippen LogP contribution in [0.2, 0.25) is 0 Å². The third-order valence-corrected chi connectivity index (χ3v) is 3.46. The van der Waals surface area contributed by atoms with Crippen molar-refractivity contribution >= 4 is 54.7 Å². The van der Waals surface area contributed by atoms with Gasteiger partial charge in [0.25, 0.3) is 0 Å². The number of nitrogens with zero attached hydrogens (tertiary/aromatic N) is 1. The Balaban J connectivity index is 0.00000120. The highest BCUT2D eigenvalue weighted by Gasteiger charge is 2.08. The fraction of sp³-hybridized carbons (Fsp3) is 0.154. The Morgan fingerprint density at radius 2 is 2.11 bits per heavy atom. The van der Waals surface area contributed by atoms with Gasteiger partial charge in [0.15, 0.2) is 0 Å². The summed E-state index contributed by atoms with van der Waals surface area (Å²) in [6.45, 7) is 0. The first-order valence-electron chi connectivity index (χ1n) is 5.33. The summed E-state index contributed by atoms with van der Waals surface area (Å²) in [5.41, 5.74) is 3.19. The van der Waals surface area contributed by atoms with Crippen LogP contribution in [0.25, 0.3) is 21.8 Å². The number of aromatic amines is 1. The molecule has 0 fully saturated rings. The lowest BCUT2D eigenvalue weighted by Crippen LogP contribution is -1.84. The quantitative estimate of drug-likeness (QED) is 0.685. The maximum Gasteiger partial charge on any atom is 0.120 e. The zero-order chi connectivity index (χ0) is 11.8. The maximum absolute atomic E-state index is 5.23. The van der Waals surface area contributed by atoms with Gasteiger partial charge < -0.3 is 9.72 Å². The van der Waals surface area contributed by atoms with E-state index >= 15 is 0 Å². The Morgan fingerprint density at radius 3 is 2.83 bits per heavy atom. The minimum Gasteiger partial charge on any atom is -0.497 e. The van der Waals surface area contributed by atoms with Gasteiger partial charge in [0, 0.05) is 28.4 Å². The molecule has 3 aromatic rings. The molecule has 94 valence electrons. The van der Waals surface area contributed by atoms with Crippen LogP contribution in [0, 0.1) is 0 Å². The smallest absolute Gasteiger partial charge is 0.120 e. The predicted molar refractivity (Wildman–Crippen MR) is 83.1 cm³/mol. The third-order valence-electron chi connectivity index (χ3n) is 2.93. The van der Waals surface area contributed by atoms with Crippen LogP contribution >= 0.6 is 32.9 Å². The van der Waals surface area contributed by atoms with Gasteiger partial charge in [0.05, 0.1) is 23.8 Å². The lowest BCUT2D eigenvalue weighted by molar-refractivity contribution is 0.415. The average molecular weight is 372 g/mol. The molecule has 0 saturated carbocycles. The number of rotatable bonds is 2. The van der Waals surface area contributed by atoms with E-state index in [1.165, 1.54) is 10.8 Å². The molecule has 0 bridgehead atoms. The number of halogens is 2. The summed E-state index contributed by atoms with van der Waals surface area (Å²) in [7, 11) is 1.68. The number of hydrogen-bond acceptors (Lipinski definition) is 2. The normalized spacial score (nSPS) is 10.6. The molecule has 1 aromatic carbocycles. The van der Waals surface area contributed by atoms with Crippen molar-refractivity contribution in [3.8, 4) is 5.75 Å². The van der Waals surface area contributed by atoms with Crippen LogP contribution in [0.4, 0.5) is 0 Å². The highest BCUT2D eigenvalue weighted by Crippen LogP contribution is 2.29. The first-order valence-corrected chi connectivity index (χ1v) is 6.45. The van der Waals surface area contributed by atoms with Gasteiger partial charge >= 0.3 is 0 Å². The molecule has 2 heterocycles. The summed E-state index contributed by atoms with van der Waals surface area (Å²) >= 11 is 3.46. The molecule has 0 atom stereocenters. The van der Waals surface area contributed by atoms with Crippen LogP contribution in [-0.2, 0) is 5.33 Å². The number of fused-ring (bicyclic) bond motifs is 3. The minimum atomic E-state index is 0. The Hall–Kier alpha value is -1.07. The van der Waals surface area contributed by atoms with E-state index in [4.69, 9.17) is 4.74 Å². The molecule has 0 saturated heterocycles. The van der Waals surface area contributed by atoms with E-state index in [0.717, 1.165) is 27.8 Å². The molecular weight excluding hydrogens is 360 g/mol. The van der Waals surface area contributed by atoms with Crippen molar-refractivity contribution in [1.82, 2.24) is 9.97 Å². The number of hydrogen-bond donors (Lipinski definition) is 1. The monoisotopic (exact) mass is 370 g/mol. The zero-order valence-electron chi connectivity index (χ0n) is 9.74. The van der Waals surface area contributed by atoms with Crippen molar-refractivity contribution in [2.45, 2.75) is 5.33 Å². The van der Waals surface area contributed by atoms with Crippen LogP contribution in [0.5, 0.6) is 5.75 Å². The number of alkyl halides is 1. The molecule has 1 N–H and O–H groups in total. The molecule has 0 aliphatic rings. The van der Waals surface area contributed by atoms with Gasteiger partial charge in [0.1, 0.15) is 5.75 Å². The van der Waals surface area contributed by atoms with E-state index in [2.05, 4.69) is 32.0 Å². The maximum atomic E-state index is 5.23. The molecule has 18 heavy (non-hydrogen) atoms. The summed E-state index contributed by atoms with van der Waals surface area (Å²) in [4.78, 5) is 7.75. The van der Waals surface area contributed by atoms with Crippen LogP contribution in [0.1, 0.15) is 5.69 Å². The molecule has 3 rings (SSSR count). The third kappa shape index (κ3) is 2.01. The van der Waals surface area contributed by atoms with Crippen molar-refractivity contribution in [1.29, 1.82) is 0 Å². The highest BCUT2D eigenvalue weighted by atomic mass is 79.9. The van der Waals surface area contributed by atoms with Crippen LogP contribution in [0.3, 0.4) is 0 Å². The second-order valence-corrected chi connectivity index (χ2v) is 4.41. The Labute approximate surface area is 123 Å². The lowest BCUT2D eigenvalue weighted by Gasteiger charge is -1.98. The van der Waals surface area contributed by atoms with Crippen molar-refractivity contribution in [2.75, 3.05) is 7.11 Å². The van der Waals surface area contributed by atoms with E-state index in [9.17, 15) is 0 Å². The Morgan fingerprint density at radius 1 is 1.28 bits per heavy atom. The fourth-order valence-electron chi connectivity index (χ4n) is 2.09. The SMILES string of the molecule is Br.COc1ccc2c(c1)[nH]c1c(CBr)nccc12. The molecule has 0 radical (unpaired) electrons. The fourth-order valence-corrected chi connectivity index (χ4v) is 2.52. The van der Waals surface area contributed by atoms with Crippen molar-refractivity contribution < 1.29 is 4.74 Å². The van der Waals surface area contributed by atoms with Crippen LogP contribution in [0.15, 0.2) is 30.5 Å². The summed E-state index contributed by atoms with van der Waals surface area (Å²) < 4.78 is 5.23. The first kappa shape index (κ1) is 13.4. The number of pyridine rings is 1. The van der Waals surface area contributed by atoms with Gasteiger partial charge in [-0.05, 0) is 18.2 Å². The molecule has 0 amide bonds. The largest absolute Gasteiger partial charge is 0.497 e. The second-order valence-electron chi connectivity index (χ2n) is 3.85. The number of methoxy groups -OCH3 is 1. The minimum absolute atomic E-state index is 0. The van der Waals surface area contributed by atoms with Gasteiger partial charge in [0.2, 0.25) is 0 Å². The van der Waals surface area contributed by atoms with Gasteiger partial charge in [-0.3, -0.25) is 4.98 Å². The topological polar surface area (TPSA) is 37.9 Å². The number of ether oxygens (including phenoxy) is 1. The second kappa shape index (κ2) is 5.28. The summed E-state index contributed by atoms with van der Waals surface area (Å²) in [5, 5.41) is 3.14. The van der Waals surface area contributed by atoms with Gasteiger partial charge in [-0.15, -0.1) is 17.0 Å². The average Bonchev–Trinajstić information content (AvgIpc) is 2.75. The van der Waals surface area contributed by atoms with Gasteiger partial charge in [-0.1, -0.05) is 15.9 Å². The van der Waals surface area contributed by atoms with Gasteiger partial charge in [-0.2, -0.15) is 0 Å². The number of H-pyrrole nitrogens is 1. The summed E-state index contributed by atoms with van der Waals surface area (Å²) in [6.07, 6.45) is 1.84. The lowest BCUT2D eigenvalue weighted by atomic mass is 10.1. The Kier molecular flexibility index (Phi) is 3.92. The molecule has 0 spiro atoms. The summed E-state index contributed by atoms with van der Waals surface area (Å²) in [5.74, 6) is 0.859. The molecule has 0 unspecified atom stereocenters. The van der Waals surface area contributed by atoms with Gasteiger partial charge in [-0.25, -0.2) is 0 Å². The van der Waals surface area contributed by atoms with Crippen molar-refractivity contribution in [3.63, 3.8) is 0 Å². The molecule has 0 aliphatic heterocycles. The number of aromatic nitrogens is 2.